The number of carbonyl (C=O) groups is 2. The molecule has 1 aromatic carbocycles. The summed E-state index contributed by atoms with van der Waals surface area (Å²) in [5.41, 5.74) is 1.30. The molecule has 1 saturated carbocycles. The molecule has 1 atom stereocenters. The average Bonchev–Trinajstić information content (AvgIpc) is 3.37. The lowest BCUT2D eigenvalue weighted by atomic mass is 9.89. The molecule has 2 aromatic rings. The summed E-state index contributed by atoms with van der Waals surface area (Å²) in [4.78, 5) is 26.3. The van der Waals surface area contributed by atoms with Gasteiger partial charge in [-0.2, -0.15) is 0 Å². The molecule has 1 aliphatic carbocycles. The average molecular weight is 399 g/mol. The quantitative estimate of drug-likeness (QED) is 0.779. The van der Waals surface area contributed by atoms with E-state index in [-0.39, 0.29) is 17.9 Å². The molecule has 1 N–H and O–H groups in total. The normalized spacial score (nSPS) is 19.8. The lowest BCUT2D eigenvalue weighted by Gasteiger charge is -2.31. The van der Waals surface area contributed by atoms with Crippen LogP contribution in [-0.4, -0.2) is 29.8 Å². The van der Waals surface area contributed by atoms with Crippen LogP contribution >= 0.6 is 11.3 Å². The molecule has 2 fully saturated rings. The Bertz CT molecular complexity index is 832. The molecule has 5 heteroatoms. The molecule has 0 spiro atoms. The number of thiophene rings is 1. The fourth-order valence-corrected chi connectivity index (χ4v) is 5.92. The van der Waals surface area contributed by atoms with Gasteiger partial charge in [0.2, 0.25) is 11.8 Å². The SMILES string of the molecule is CC(=O)N1CCC(CC(=O)NC(c2csc3ccccc23)C2CCCC2)CC1. The first kappa shape index (κ1) is 19.4. The first-order chi connectivity index (χ1) is 13.6. The van der Waals surface area contributed by atoms with E-state index in [1.807, 2.05) is 4.90 Å². The highest BCUT2D eigenvalue weighted by Gasteiger charge is 2.30. The van der Waals surface area contributed by atoms with Gasteiger partial charge in [-0.25, -0.2) is 0 Å². The minimum Gasteiger partial charge on any atom is -0.349 e. The van der Waals surface area contributed by atoms with Crippen LogP contribution in [0.2, 0.25) is 0 Å². The lowest BCUT2D eigenvalue weighted by molar-refractivity contribution is -0.130. The largest absolute Gasteiger partial charge is 0.349 e. The van der Waals surface area contributed by atoms with Crippen LogP contribution in [0.1, 0.15) is 63.5 Å². The Morgan fingerprint density at radius 2 is 1.86 bits per heavy atom. The zero-order valence-electron chi connectivity index (χ0n) is 16.7. The van der Waals surface area contributed by atoms with E-state index in [9.17, 15) is 9.59 Å². The summed E-state index contributed by atoms with van der Waals surface area (Å²) >= 11 is 1.78. The van der Waals surface area contributed by atoms with Crippen molar-refractivity contribution >= 4 is 33.2 Å². The number of nitrogens with zero attached hydrogens (tertiary/aromatic N) is 1. The molecule has 1 unspecified atom stereocenters. The van der Waals surface area contributed by atoms with E-state index in [1.165, 1.54) is 41.3 Å². The molecule has 0 radical (unpaired) electrons. The number of amides is 2. The Morgan fingerprint density at radius 3 is 2.57 bits per heavy atom. The fourth-order valence-electron chi connectivity index (χ4n) is 4.93. The van der Waals surface area contributed by atoms with E-state index < -0.39 is 0 Å². The van der Waals surface area contributed by atoms with Crippen LogP contribution in [0.4, 0.5) is 0 Å². The summed E-state index contributed by atoms with van der Waals surface area (Å²) in [7, 11) is 0. The summed E-state index contributed by atoms with van der Waals surface area (Å²) in [6.07, 6.45) is 7.38. The van der Waals surface area contributed by atoms with Gasteiger partial charge in [0.15, 0.2) is 0 Å². The fraction of sp³-hybridized carbons (Fsp3) is 0.565. The van der Waals surface area contributed by atoms with Crippen molar-refractivity contribution in [3.05, 3.63) is 35.2 Å². The second-order valence-corrected chi connectivity index (χ2v) is 9.34. The predicted octanol–water partition coefficient (Wildman–Crippen LogP) is 4.90. The zero-order chi connectivity index (χ0) is 19.5. The number of benzene rings is 1. The Labute approximate surface area is 171 Å². The van der Waals surface area contributed by atoms with Crippen LogP contribution in [0.15, 0.2) is 29.6 Å². The maximum absolute atomic E-state index is 12.9. The highest BCUT2D eigenvalue weighted by Crippen LogP contribution is 2.40. The molecule has 0 bridgehead atoms. The second-order valence-electron chi connectivity index (χ2n) is 8.43. The summed E-state index contributed by atoms with van der Waals surface area (Å²) in [5.74, 6) is 1.25. The van der Waals surface area contributed by atoms with Gasteiger partial charge in [-0.15, -0.1) is 11.3 Å². The highest BCUT2D eigenvalue weighted by molar-refractivity contribution is 7.17. The standard InChI is InChI=1S/C23H30N2O2S/c1-16(26)25-12-10-17(11-13-25)14-22(27)24-23(18-6-2-3-7-18)20-15-28-21-9-5-4-8-19(20)21/h4-5,8-9,15,17-18,23H,2-3,6-7,10-14H2,1H3,(H,24,27). The van der Waals surface area contributed by atoms with Gasteiger partial charge in [-0.3, -0.25) is 9.59 Å². The Balaban J connectivity index is 1.44. The molecule has 1 aliphatic heterocycles. The third-order valence-corrected chi connectivity index (χ3v) is 7.55. The third kappa shape index (κ3) is 4.24. The van der Waals surface area contributed by atoms with Crippen molar-refractivity contribution in [3.63, 3.8) is 0 Å². The molecule has 1 aromatic heterocycles. The van der Waals surface area contributed by atoms with E-state index in [1.54, 1.807) is 18.3 Å². The third-order valence-electron chi connectivity index (χ3n) is 6.57. The van der Waals surface area contributed by atoms with Crippen molar-refractivity contribution < 1.29 is 9.59 Å². The number of likely N-dealkylation sites (tertiary alicyclic amines) is 1. The molecule has 4 nitrogen and oxygen atoms in total. The molecule has 2 aliphatic rings. The van der Waals surface area contributed by atoms with Gasteiger partial charge >= 0.3 is 0 Å². The number of carbonyl (C=O) groups excluding carboxylic acids is 2. The zero-order valence-corrected chi connectivity index (χ0v) is 17.5. The van der Waals surface area contributed by atoms with Crippen LogP contribution in [0.3, 0.4) is 0 Å². The highest BCUT2D eigenvalue weighted by atomic mass is 32.1. The van der Waals surface area contributed by atoms with Crippen LogP contribution in [0, 0.1) is 11.8 Å². The smallest absolute Gasteiger partial charge is 0.220 e. The van der Waals surface area contributed by atoms with E-state index in [2.05, 4.69) is 35.0 Å². The van der Waals surface area contributed by atoms with Crippen LogP contribution in [0.25, 0.3) is 10.1 Å². The molecular formula is C23H30N2O2S. The summed E-state index contributed by atoms with van der Waals surface area (Å²) in [6, 6.07) is 8.66. The number of fused-ring (bicyclic) bond motifs is 1. The second kappa shape index (κ2) is 8.64. The topological polar surface area (TPSA) is 49.4 Å². The van der Waals surface area contributed by atoms with E-state index in [0.29, 0.717) is 18.3 Å². The van der Waals surface area contributed by atoms with E-state index >= 15 is 0 Å². The van der Waals surface area contributed by atoms with E-state index in [4.69, 9.17) is 0 Å². The van der Waals surface area contributed by atoms with Crippen molar-refractivity contribution in [2.45, 2.75) is 57.9 Å². The minimum absolute atomic E-state index is 0.128. The molecule has 1 saturated heterocycles. The van der Waals surface area contributed by atoms with Crippen molar-refractivity contribution in [1.82, 2.24) is 10.2 Å². The predicted molar refractivity (Wildman–Crippen MR) is 114 cm³/mol. The summed E-state index contributed by atoms with van der Waals surface area (Å²) in [6.45, 7) is 3.20. The minimum atomic E-state index is 0.128. The van der Waals surface area contributed by atoms with Gasteiger partial charge in [-0.05, 0) is 59.9 Å². The maximum atomic E-state index is 12.9. The number of nitrogens with one attached hydrogen (secondary N) is 1. The van der Waals surface area contributed by atoms with E-state index in [0.717, 1.165) is 25.9 Å². The maximum Gasteiger partial charge on any atom is 0.220 e. The van der Waals surface area contributed by atoms with Gasteiger partial charge in [0, 0.05) is 31.1 Å². The van der Waals surface area contributed by atoms with Crippen molar-refractivity contribution in [3.8, 4) is 0 Å². The first-order valence-corrected chi connectivity index (χ1v) is 11.5. The van der Waals surface area contributed by atoms with Crippen LogP contribution in [0.5, 0.6) is 0 Å². The van der Waals surface area contributed by atoms with Gasteiger partial charge in [0.1, 0.15) is 0 Å². The lowest BCUT2D eigenvalue weighted by Crippen LogP contribution is -2.39. The van der Waals surface area contributed by atoms with Gasteiger partial charge in [-0.1, -0.05) is 31.0 Å². The molecule has 2 heterocycles. The Kier molecular flexibility index (Phi) is 6.00. The molecule has 150 valence electrons. The van der Waals surface area contributed by atoms with Crippen molar-refractivity contribution in [1.29, 1.82) is 0 Å². The summed E-state index contributed by atoms with van der Waals surface area (Å²) < 4.78 is 1.30. The number of piperidine rings is 1. The molecule has 4 rings (SSSR count). The number of rotatable bonds is 5. The molecular weight excluding hydrogens is 368 g/mol. The van der Waals surface area contributed by atoms with Crippen molar-refractivity contribution in [2.24, 2.45) is 11.8 Å². The molecule has 2 amide bonds. The van der Waals surface area contributed by atoms with Gasteiger partial charge in [0.25, 0.3) is 0 Å². The van der Waals surface area contributed by atoms with Crippen LogP contribution in [-0.2, 0) is 9.59 Å². The number of hydrogen-bond acceptors (Lipinski definition) is 3. The first-order valence-electron chi connectivity index (χ1n) is 10.6. The summed E-state index contributed by atoms with van der Waals surface area (Å²) in [5, 5.41) is 6.96. The Hall–Kier alpha value is -1.88. The Morgan fingerprint density at radius 1 is 1.14 bits per heavy atom. The van der Waals surface area contributed by atoms with Crippen LogP contribution < -0.4 is 5.32 Å². The van der Waals surface area contributed by atoms with Crippen molar-refractivity contribution in [2.75, 3.05) is 13.1 Å². The van der Waals surface area contributed by atoms with Gasteiger partial charge in [0.05, 0.1) is 6.04 Å². The number of hydrogen-bond donors (Lipinski definition) is 1. The monoisotopic (exact) mass is 398 g/mol. The van der Waals surface area contributed by atoms with Gasteiger partial charge < -0.3 is 10.2 Å². The molecule has 28 heavy (non-hydrogen) atoms.